The fourth-order valence-electron chi connectivity index (χ4n) is 5.30. The van der Waals surface area contributed by atoms with Gasteiger partial charge in [0.25, 0.3) is 12.0 Å². The smallest absolute Gasteiger partial charge is 0.266 e. The van der Waals surface area contributed by atoms with Gasteiger partial charge in [-0.2, -0.15) is 0 Å². The van der Waals surface area contributed by atoms with Crippen molar-refractivity contribution >= 4 is 26.7 Å². The minimum Gasteiger partial charge on any atom is -0.373 e. The van der Waals surface area contributed by atoms with Crippen LogP contribution in [0.4, 0.5) is 19.0 Å². The zero-order valence-electron chi connectivity index (χ0n) is 21.9. The monoisotopic (exact) mass is 552 g/mol. The molecule has 1 aliphatic rings. The van der Waals surface area contributed by atoms with E-state index in [0.717, 1.165) is 6.07 Å². The van der Waals surface area contributed by atoms with Gasteiger partial charge in [-0.25, -0.2) is 31.6 Å². The number of aromatic nitrogens is 3. The molecule has 1 fully saturated rings. The second-order valence-corrected chi connectivity index (χ2v) is 12.2. The van der Waals surface area contributed by atoms with Crippen LogP contribution in [-0.2, 0) is 27.2 Å². The number of ether oxygens (including phenoxy) is 1. The molecule has 8 nitrogen and oxygen atoms in total. The highest BCUT2D eigenvalue weighted by Gasteiger charge is 2.42. The van der Waals surface area contributed by atoms with E-state index in [1.807, 2.05) is 0 Å². The average molecular weight is 553 g/mol. The summed E-state index contributed by atoms with van der Waals surface area (Å²) in [5, 5.41) is 3.07. The maximum Gasteiger partial charge on any atom is 0.266 e. The third kappa shape index (κ3) is 5.03. The highest BCUT2D eigenvalue weighted by Crippen LogP contribution is 2.41. The molecule has 1 atom stereocenters. The van der Waals surface area contributed by atoms with Crippen molar-refractivity contribution in [1.82, 2.24) is 14.5 Å². The number of alkyl halides is 2. The summed E-state index contributed by atoms with van der Waals surface area (Å²) >= 11 is 0. The van der Waals surface area contributed by atoms with Gasteiger partial charge >= 0.3 is 0 Å². The predicted octanol–water partition coefficient (Wildman–Crippen LogP) is 4.72. The summed E-state index contributed by atoms with van der Waals surface area (Å²) in [6, 6.07) is 4.75. The molecule has 2 aromatic heterocycles. The van der Waals surface area contributed by atoms with E-state index < -0.39 is 44.5 Å². The second-order valence-electron chi connectivity index (χ2n) is 9.92. The van der Waals surface area contributed by atoms with E-state index in [1.165, 1.54) is 30.1 Å². The summed E-state index contributed by atoms with van der Waals surface area (Å²) < 4.78 is 72.8. The Bertz CT molecular complexity index is 1530. The van der Waals surface area contributed by atoms with Crippen molar-refractivity contribution in [3.05, 3.63) is 63.0 Å². The zero-order chi connectivity index (χ0) is 28.0. The Hall–Kier alpha value is -2.99. The van der Waals surface area contributed by atoms with Crippen molar-refractivity contribution in [1.29, 1.82) is 0 Å². The van der Waals surface area contributed by atoms with E-state index in [9.17, 15) is 26.4 Å². The Labute approximate surface area is 219 Å². The Morgan fingerprint density at radius 2 is 1.82 bits per heavy atom. The van der Waals surface area contributed by atoms with Crippen molar-refractivity contribution in [3.8, 4) is 0 Å². The summed E-state index contributed by atoms with van der Waals surface area (Å²) in [7, 11) is -0.159. The third-order valence-corrected chi connectivity index (χ3v) is 9.20. The van der Waals surface area contributed by atoms with Crippen LogP contribution < -0.4 is 10.9 Å². The molecule has 0 unspecified atom stereocenters. The first-order valence-electron chi connectivity index (χ1n) is 12.2. The molecule has 1 aliphatic carbocycles. The molecule has 0 bridgehead atoms. The molecule has 206 valence electrons. The van der Waals surface area contributed by atoms with Gasteiger partial charge in [0, 0.05) is 26.0 Å². The van der Waals surface area contributed by atoms with E-state index in [-0.39, 0.29) is 11.1 Å². The first kappa shape index (κ1) is 28.0. The fourth-order valence-corrected chi connectivity index (χ4v) is 6.39. The fraction of sp³-hybridized carbons (Fsp3) is 0.500. The van der Waals surface area contributed by atoms with Crippen LogP contribution >= 0.6 is 0 Å². The number of benzene rings is 1. The van der Waals surface area contributed by atoms with Crippen LogP contribution in [0.5, 0.6) is 0 Å². The molecule has 2 heterocycles. The topological polar surface area (TPSA) is 103 Å². The summed E-state index contributed by atoms with van der Waals surface area (Å²) in [4.78, 5) is 22.4. The van der Waals surface area contributed by atoms with Gasteiger partial charge in [-0.15, -0.1) is 0 Å². The third-order valence-electron chi connectivity index (χ3n) is 7.52. The van der Waals surface area contributed by atoms with Gasteiger partial charge in [0.1, 0.15) is 32.9 Å². The number of sulfone groups is 1. The van der Waals surface area contributed by atoms with E-state index in [2.05, 4.69) is 15.3 Å². The van der Waals surface area contributed by atoms with Crippen LogP contribution in [0, 0.1) is 12.7 Å². The minimum absolute atomic E-state index is 0.0460. The van der Waals surface area contributed by atoms with Gasteiger partial charge in [0.2, 0.25) is 0 Å². The molecule has 12 heteroatoms. The van der Waals surface area contributed by atoms with Crippen molar-refractivity contribution < 1.29 is 26.3 Å². The van der Waals surface area contributed by atoms with Gasteiger partial charge in [-0.3, -0.25) is 9.36 Å². The van der Waals surface area contributed by atoms with Crippen LogP contribution in [0.3, 0.4) is 0 Å². The van der Waals surface area contributed by atoms with Crippen molar-refractivity contribution in [2.24, 2.45) is 7.05 Å². The maximum atomic E-state index is 14.8. The van der Waals surface area contributed by atoms with Gasteiger partial charge in [-0.05, 0) is 45.6 Å². The van der Waals surface area contributed by atoms with Crippen LogP contribution in [0.2, 0.25) is 0 Å². The lowest BCUT2D eigenvalue weighted by Gasteiger charge is -2.38. The summed E-state index contributed by atoms with van der Waals surface area (Å²) in [5.41, 5.74) is -1.30. The van der Waals surface area contributed by atoms with E-state index in [4.69, 9.17) is 4.74 Å². The van der Waals surface area contributed by atoms with Crippen LogP contribution in [0.25, 0.3) is 11.0 Å². The van der Waals surface area contributed by atoms with E-state index in [1.54, 1.807) is 27.0 Å². The van der Waals surface area contributed by atoms with Gasteiger partial charge in [0.15, 0.2) is 0 Å². The van der Waals surface area contributed by atoms with Crippen LogP contribution in [0.1, 0.15) is 67.6 Å². The molecule has 0 radical (unpaired) electrons. The Morgan fingerprint density at radius 3 is 2.39 bits per heavy atom. The molecule has 1 N–H and O–H groups in total. The van der Waals surface area contributed by atoms with Crippen molar-refractivity contribution in [3.63, 3.8) is 0 Å². The number of hydrogen-bond donors (Lipinski definition) is 1. The number of rotatable bonds is 7. The molecule has 0 aliphatic heterocycles. The molecule has 0 saturated heterocycles. The lowest BCUT2D eigenvalue weighted by atomic mass is 9.79. The molecular weight excluding hydrogens is 521 g/mol. The lowest BCUT2D eigenvalue weighted by Crippen LogP contribution is -2.42. The predicted molar refractivity (Wildman–Crippen MR) is 139 cm³/mol. The average Bonchev–Trinajstić information content (AvgIpc) is 2.85. The Balaban J connectivity index is 1.81. The summed E-state index contributed by atoms with van der Waals surface area (Å²) in [5.74, 6) is -0.340. The standard InChI is InChI=1S/C26H31F3N4O4S/c1-14(17-7-6-8-18(21(17)27)22(28)29)30-23-19-13-20(25(34)33(3)24(19)32-15(2)31-23)26(37-4)11-9-16(10-12-26)38(5,35)36/h6-8,13-14,16,22H,9-12H2,1-5H3,(H,30,31,32)/t14-,16?,26?/m1/s1. The molecular formula is C26H31F3N4O4S. The zero-order valence-corrected chi connectivity index (χ0v) is 22.7. The van der Waals surface area contributed by atoms with E-state index >= 15 is 0 Å². The first-order chi connectivity index (χ1) is 17.8. The molecule has 1 aromatic carbocycles. The molecule has 38 heavy (non-hydrogen) atoms. The molecule has 0 spiro atoms. The number of nitrogens with one attached hydrogen (secondary N) is 1. The number of nitrogens with zero attached hydrogens (tertiary/aromatic N) is 3. The highest BCUT2D eigenvalue weighted by atomic mass is 32.2. The molecule has 4 rings (SSSR count). The SMILES string of the molecule is COC1(c2cc3c(N[C@H](C)c4cccc(C(F)F)c4F)nc(C)nc3n(C)c2=O)CCC(S(C)(=O)=O)CC1. The van der Waals surface area contributed by atoms with Gasteiger partial charge < -0.3 is 10.1 Å². The number of fused-ring (bicyclic) bond motifs is 1. The second kappa shape index (κ2) is 10.3. The van der Waals surface area contributed by atoms with E-state index in [0.29, 0.717) is 53.9 Å². The highest BCUT2D eigenvalue weighted by molar-refractivity contribution is 7.91. The number of pyridine rings is 1. The van der Waals surface area contributed by atoms with Crippen molar-refractivity contribution in [2.75, 3.05) is 18.7 Å². The number of hydrogen-bond acceptors (Lipinski definition) is 7. The summed E-state index contributed by atoms with van der Waals surface area (Å²) in [6.45, 7) is 3.28. The van der Waals surface area contributed by atoms with Gasteiger partial charge in [0.05, 0.1) is 33.4 Å². The lowest BCUT2D eigenvalue weighted by molar-refractivity contribution is -0.0449. The first-order valence-corrected chi connectivity index (χ1v) is 14.2. The number of anilines is 1. The molecule has 0 amide bonds. The number of aryl methyl sites for hydroxylation is 2. The quantitative estimate of drug-likeness (QED) is 0.453. The number of methoxy groups -OCH3 is 1. The normalized spacial score (nSPS) is 21.1. The van der Waals surface area contributed by atoms with Crippen LogP contribution in [0.15, 0.2) is 29.1 Å². The van der Waals surface area contributed by atoms with Crippen LogP contribution in [-0.4, -0.2) is 41.6 Å². The Kier molecular flexibility index (Phi) is 7.59. The van der Waals surface area contributed by atoms with Gasteiger partial charge in [-0.1, -0.05) is 18.2 Å². The Morgan fingerprint density at radius 1 is 1.18 bits per heavy atom. The molecule has 1 saturated carbocycles. The maximum absolute atomic E-state index is 14.8. The summed E-state index contributed by atoms with van der Waals surface area (Å²) in [6.07, 6.45) is -0.380. The number of halogens is 3. The largest absolute Gasteiger partial charge is 0.373 e. The van der Waals surface area contributed by atoms with Crippen molar-refractivity contribution in [2.45, 2.75) is 62.8 Å². The molecule has 3 aromatic rings. The minimum atomic E-state index is -3.23.